The van der Waals surface area contributed by atoms with Crippen LogP contribution in [0.5, 0.6) is 0 Å². The highest BCUT2D eigenvalue weighted by Gasteiger charge is 2.18. The highest BCUT2D eigenvalue weighted by Crippen LogP contribution is 2.14. The number of hydrogen-bond donors (Lipinski definition) is 2. The molecule has 1 aromatic heterocycles. The van der Waals surface area contributed by atoms with Gasteiger partial charge in [0.05, 0.1) is 11.4 Å². The van der Waals surface area contributed by atoms with Crippen molar-refractivity contribution in [2.45, 2.75) is 19.8 Å². The van der Waals surface area contributed by atoms with Crippen LogP contribution in [-0.2, 0) is 16.6 Å². The Morgan fingerprint density at radius 2 is 1.68 bits per heavy atom. The average Bonchev–Trinajstić information content (AvgIpc) is 2.77. The molecule has 0 fully saturated rings. The highest BCUT2D eigenvalue weighted by molar-refractivity contribution is 5.93. The second-order valence-corrected chi connectivity index (χ2v) is 5.91. The molecule has 0 spiro atoms. The van der Waals surface area contributed by atoms with E-state index in [4.69, 9.17) is 0 Å². The summed E-state index contributed by atoms with van der Waals surface area (Å²) in [7, 11) is 5.14. The predicted octanol–water partition coefficient (Wildman–Crippen LogP) is 0.796. The number of carbonyl (C=O) groups excluding carboxylic acids is 2. The van der Waals surface area contributed by atoms with Crippen molar-refractivity contribution in [2.24, 2.45) is 7.05 Å². The summed E-state index contributed by atoms with van der Waals surface area (Å²) in [5.41, 5.74) is 3.83. The topological polar surface area (TPSA) is 88.4 Å². The van der Waals surface area contributed by atoms with Crippen molar-refractivity contribution in [3.05, 3.63) is 46.4 Å². The van der Waals surface area contributed by atoms with Crippen LogP contribution < -0.4 is 16.3 Å². The number of hydrogen-bond acceptors (Lipinski definition) is 4. The zero-order valence-electron chi connectivity index (χ0n) is 14.9. The third-order valence-electron chi connectivity index (χ3n) is 3.75. The zero-order valence-corrected chi connectivity index (χ0v) is 14.9. The van der Waals surface area contributed by atoms with Gasteiger partial charge >= 0.3 is 0 Å². The Morgan fingerprint density at radius 3 is 2.28 bits per heavy atom. The third kappa shape index (κ3) is 4.36. The summed E-state index contributed by atoms with van der Waals surface area (Å²) in [5, 5.41) is 4.15. The van der Waals surface area contributed by atoms with Gasteiger partial charge < -0.3 is 5.32 Å². The van der Waals surface area contributed by atoms with Gasteiger partial charge in [-0.2, -0.15) is 0 Å². The minimum atomic E-state index is -0.375. The highest BCUT2D eigenvalue weighted by atomic mass is 16.2. The lowest BCUT2D eigenvalue weighted by Crippen LogP contribution is -2.36. The van der Waals surface area contributed by atoms with Crippen molar-refractivity contribution < 1.29 is 9.59 Å². The van der Waals surface area contributed by atoms with Crippen LogP contribution in [0.3, 0.4) is 0 Å². The maximum atomic E-state index is 12.7. The fraction of sp³-hybridized carbons (Fsp3) is 0.353. The van der Waals surface area contributed by atoms with E-state index in [0.717, 1.165) is 0 Å². The summed E-state index contributed by atoms with van der Waals surface area (Å²) >= 11 is 0. The minimum Gasteiger partial charge on any atom is -0.320 e. The largest absolute Gasteiger partial charge is 0.320 e. The molecule has 2 amide bonds. The number of aromatic nitrogens is 2. The molecule has 25 heavy (non-hydrogen) atoms. The van der Waals surface area contributed by atoms with Gasteiger partial charge in [0, 0.05) is 34.0 Å². The van der Waals surface area contributed by atoms with Crippen molar-refractivity contribution in [1.29, 1.82) is 0 Å². The lowest BCUT2D eigenvalue weighted by Gasteiger charge is -2.11. The van der Waals surface area contributed by atoms with Crippen LogP contribution in [0.15, 0.2) is 35.1 Å². The predicted molar refractivity (Wildman–Crippen MR) is 95.4 cm³/mol. The van der Waals surface area contributed by atoms with Gasteiger partial charge in [-0.15, -0.1) is 0 Å². The molecule has 1 heterocycles. The second kappa shape index (κ2) is 7.80. The number of nitrogens with one attached hydrogen (secondary N) is 2. The maximum absolute atomic E-state index is 12.7. The average molecular weight is 345 g/mol. The van der Waals surface area contributed by atoms with Crippen LogP contribution in [-0.4, -0.2) is 40.3 Å². The molecule has 0 bridgehead atoms. The molecule has 8 heteroatoms. The zero-order chi connectivity index (χ0) is 18.6. The molecule has 0 aliphatic rings. The van der Waals surface area contributed by atoms with Gasteiger partial charge in [-0.1, -0.05) is 18.2 Å². The second-order valence-electron chi connectivity index (χ2n) is 5.91. The van der Waals surface area contributed by atoms with Gasteiger partial charge in [0.1, 0.15) is 5.69 Å². The van der Waals surface area contributed by atoms with Crippen molar-refractivity contribution in [1.82, 2.24) is 19.8 Å². The molecule has 0 unspecified atom stereocenters. The third-order valence-corrected chi connectivity index (χ3v) is 3.75. The molecule has 0 atom stereocenters. The van der Waals surface area contributed by atoms with Gasteiger partial charge in [0.2, 0.25) is 11.8 Å². The van der Waals surface area contributed by atoms with Gasteiger partial charge in [-0.05, 0) is 19.1 Å². The number of para-hydroxylation sites is 1. The number of rotatable bonds is 6. The van der Waals surface area contributed by atoms with Crippen LogP contribution in [0.25, 0.3) is 5.69 Å². The Kier molecular flexibility index (Phi) is 5.76. The Bertz CT molecular complexity index is 821. The quantitative estimate of drug-likeness (QED) is 0.758. The SMILES string of the molecule is Cc1c(NC(=O)CCC(=O)NN(C)C)c(=O)n(-c2ccccc2)n1C. The number of nitrogens with zero attached hydrogens (tertiary/aromatic N) is 3. The molecule has 0 radical (unpaired) electrons. The Hall–Kier alpha value is -2.87. The monoisotopic (exact) mass is 345 g/mol. The van der Waals surface area contributed by atoms with Gasteiger partial charge in [0.25, 0.3) is 5.56 Å². The molecule has 0 aliphatic carbocycles. The molecule has 2 aromatic rings. The summed E-state index contributed by atoms with van der Waals surface area (Å²) in [5.74, 6) is -0.633. The Morgan fingerprint density at radius 1 is 1.08 bits per heavy atom. The van der Waals surface area contributed by atoms with E-state index in [-0.39, 0.29) is 35.9 Å². The first-order chi connectivity index (χ1) is 11.8. The van der Waals surface area contributed by atoms with Gasteiger partial charge in [0.15, 0.2) is 0 Å². The lowest BCUT2D eigenvalue weighted by atomic mass is 10.2. The van der Waals surface area contributed by atoms with Crippen LogP contribution in [0.2, 0.25) is 0 Å². The van der Waals surface area contributed by atoms with Crippen LogP contribution in [0.1, 0.15) is 18.5 Å². The minimum absolute atomic E-state index is 0.00121. The van der Waals surface area contributed by atoms with E-state index in [1.54, 1.807) is 32.7 Å². The molecule has 2 N–H and O–H groups in total. The summed E-state index contributed by atoms with van der Waals surface area (Å²) in [4.78, 5) is 36.4. The summed E-state index contributed by atoms with van der Waals surface area (Å²) in [6.45, 7) is 1.76. The van der Waals surface area contributed by atoms with E-state index in [1.165, 1.54) is 9.69 Å². The summed E-state index contributed by atoms with van der Waals surface area (Å²) in [6, 6.07) is 9.18. The Balaban J connectivity index is 2.14. The molecule has 0 saturated carbocycles. The number of anilines is 1. The van der Waals surface area contributed by atoms with Crippen molar-refractivity contribution in [2.75, 3.05) is 19.4 Å². The number of carbonyl (C=O) groups is 2. The van der Waals surface area contributed by atoms with Crippen molar-refractivity contribution >= 4 is 17.5 Å². The molecular weight excluding hydrogens is 322 g/mol. The standard InChI is InChI=1S/C17H23N5O3/c1-12-16(18-14(23)10-11-15(24)19-20(2)3)17(25)22(21(12)4)13-8-6-5-7-9-13/h5-9H,10-11H2,1-4H3,(H,18,23)(H,19,24). The molecule has 8 nitrogen and oxygen atoms in total. The molecular formula is C17H23N5O3. The van der Waals surface area contributed by atoms with E-state index in [1.807, 2.05) is 30.3 Å². The lowest BCUT2D eigenvalue weighted by molar-refractivity contribution is -0.127. The Labute approximate surface area is 146 Å². The molecule has 0 aliphatic heterocycles. The van der Waals surface area contributed by atoms with Gasteiger partial charge in [-0.25, -0.2) is 9.69 Å². The van der Waals surface area contributed by atoms with E-state index >= 15 is 0 Å². The number of benzene rings is 1. The van der Waals surface area contributed by atoms with Gasteiger partial charge in [-0.3, -0.25) is 24.5 Å². The summed E-state index contributed by atoms with van der Waals surface area (Å²) < 4.78 is 3.18. The summed E-state index contributed by atoms with van der Waals surface area (Å²) in [6.07, 6.45) is 0.0432. The normalized spacial score (nSPS) is 10.8. The van der Waals surface area contributed by atoms with E-state index < -0.39 is 0 Å². The van der Waals surface area contributed by atoms with E-state index in [9.17, 15) is 14.4 Å². The number of amides is 2. The van der Waals surface area contributed by atoms with E-state index in [0.29, 0.717) is 11.4 Å². The van der Waals surface area contributed by atoms with Crippen molar-refractivity contribution in [3.8, 4) is 5.69 Å². The first-order valence-electron chi connectivity index (χ1n) is 7.92. The molecule has 1 aromatic carbocycles. The molecule has 2 rings (SSSR count). The molecule has 134 valence electrons. The fourth-order valence-corrected chi connectivity index (χ4v) is 2.45. The fourth-order valence-electron chi connectivity index (χ4n) is 2.45. The van der Waals surface area contributed by atoms with E-state index in [2.05, 4.69) is 10.7 Å². The van der Waals surface area contributed by atoms with Crippen LogP contribution >= 0.6 is 0 Å². The maximum Gasteiger partial charge on any atom is 0.295 e. The first-order valence-corrected chi connectivity index (χ1v) is 7.92. The van der Waals surface area contributed by atoms with Crippen LogP contribution in [0.4, 0.5) is 5.69 Å². The first kappa shape index (κ1) is 18.5. The smallest absolute Gasteiger partial charge is 0.295 e. The van der Waals surface area contributed by atoms with Crippen molar-refractivity contribution in [3.63, 3.8) is 0 Å². The van der Waals surface area contributed by atoms with Crippen LogP contribution in [0, 0.1) is 6.92 Å². The number of hydrazine groups is 1. The molecule has 0 saturated heterocycles.